The third kappa shape index (κ3) is 12.1. The van der Waals surface area contributed by atoms with E-state index in [2.05, 4.69) is 0 Å². The number of carbonyl (C=O) groups is 1. The van der Waals surface area contributed by atoms with Crippen LogP contribution in [0.25, 0.3) is 0 Å². The van der Waals surface area contributed by atoms with E-state index in [0.717, 1.165) is 5.57 Å². The van der Waals surface area contributed by atoms with Crippen LogP contribution in [0.15, 0.2) is 23.3 Å². The Bertz CT molecular complexity index is 627. The zero-order valence-corrected chi connectivity index (χ0v) is 20.2. The van der Waals surface area contributed by atoms with Crippen LogP contribution in [0.3, 0.4) is 0 Å². The van der Waals surface area contributed by atoms with Crippen molar-refractivity contribution in [2.75, 3.05) is 19.8 Å². The van der Waals surface area contributed by atoms with E-state index in [-0.39, 0.29) is 13.0 Å². The van der Waals surface area contributed by atoms with Crippen LogP contribution in [0, 0.1) is 0 Å². The molecule has 0 heterocycles. The average molecular weight is 479 g/mol. The van der Waals surface area contributed by atoms with Gasteiger partial charge in [0, 0.05) is 13.3 Å². The van der Waals surface area contributed by atoms with Gasteiger partial charge in [0.2, 0.25) is 0 Å². The average Bonchev–Trinajstić information content (AvgIpc) is 2.73. The summed E-state index contributed by atoms with van der Waals surface area (Å²) in [5.41, 5.74) is 0.199. The summed E-state index contributed by atoms with van der Waals surface area (Å²) in [6.45, 7) is 6.66. The van der Waals surface area contributed by atoms with Gasteiger partial charge in [-0.2, -0.15) is 0 Å². The van der Waals surface area contributed by atoms with Gasteiger partial charge < -0.3 is 45.2 Å². The van der Waals surface area contributed by atoms with Crippen molar-refractivity contribution in [2.24, 2.45) is 0 Å². The van der Waals surface area contributed by atoms with E-state index in [9.17, 15) is 35.4 Å². The number of aliphatic hydroxyl groups excluding tert-OH is 6. The van der Waals surface area contributed by atoms with Crippen LogP contribution in [0.4, 0.5) is 0 Å². The molecule has 0 radical (unpaired) electrons. The van der Waals surface area contributed by atoms with Crippen LogP contribution in [-0.2, 0) is 14.3 Å². The maximum atomic E-state index is 11.6. The molecule has 194 valence electrons. The van der Waals surface area contributed by atoms with Crippen molar-refractivity contribution in [3.8, 4) is 0 Å². The molecule has 0 aromatic rings. The Morgan fingerprint density at radius 3 is 2.06 bits per heavy atom. The predicted octanol–water partition coefficient (Wildman–Crippen LogP) is -0.435. The molecule has 0 bridgehead atoms. The molecule has 0 rings (SSSR count). The minimum Gasteiger partial charge on any atom is -0.458 e. The summed E-state index contributed by atoms with van der Waals surface area (Å²) in [5.74, 6) is -0.574. The van der Waals surface area contributed by atoms with Crippen molar-refractivity contribution < 1.29 is 50.0 Å². The largest absolute Gasteiger partial charge is 0.458 e. The van der Waals surface area contributed by atoms with E-state index in [0.29, 0.717) is 18.4 Å². The molecule has 0 aliphatic heterocycles. The Labute approximate surface area is 195 Å². The number of carbonyl (C=O) groups excluding carboxylic acids is 1. The molecule has 10 nitrogen and oxygen atoms in total. The van der Waals surface area contributed by atoms with Crippen molar-refractivity contribution in [1.29, 1.82) is 0 Å². The van der Waals surface area contributed by atoms with Crippen LogP contribution in [-0.4, -0.2) is 104 Å². The van der Waals surface area contributed by atoms with Gasteiger partial charge in [-0.3, -0.25) is 4.79 Å². The zero-order chi connectivity index (χ0) is 25.8. The normalized spacial score (nSPS) is 19.6. The number of allylic oxidation sites excluding steroid dienone is 2. The van der Waals surface area contributed by atoms with E-state index in [4.69, 9.17) is 14.6 Å². The van der Waals surface area contributed by atoms with Crippen LogP contribution in [0.1, 0.15) is 53.9 Å². The fraction of sp³-hybridized carbons (Fsp3) is 0.783. The van der Waals surface area contributed by atoms with Crippen molar-refractivity contribution in [3.63, 3.8) is 0 Å². The zero-order valence-electron chi connectivity index (χ0n) is 20.2. The second-order valence-electron chi connectivity index (χ2n) is 8.76. The molecule has 33 heavy (non-hydrogen) atoms. The van der Waals surface area contributed by atoms with Gasteiger partial charge in [-0.1, -0.05) is 17.7 Å². The highest BCUT2D eigenvalue weighted by atomic mass is 16.5. The molecule has 0 saturated heterocycles. The lowest BCUT2D eigenvalue weighted by Gasteiger charge is -2.32. The molecule has 10 heteroatoms. The summed E-state index contributed by atoms with van der Waals surface area (Å²) in [4.78, 5) is 11.6. The topological polar surface area (TPSA) is 177 Å². The van der Waals surface area contributed by atoms with E-state index >= 15 is 0 Å². The fourth-order valence-electron chi connectivity index (χ4n) is 3.05. The molecule has 0 saturated carbocycles. The standard InChI is InChI=1S/C23H42O10/c1-14(2)7-6-9-23(5,31)20(28)11-18(33-16(4)26)15(3)8-10-32-19(13-25)22(30)21(29)17(27)12-24/h7-8,17-22,24-25,27-31H,6,9-13H2,1-5H3. The lowest BCUT2D eigenvalue weighted by molar-refractivity contribution is -0.148. The molecule has 0 spiro atoms. The van der Waals surface area contributed by atoms with Gasteiger partial charge in [0.15, 0.2) is 0 Å². The summed E-state index contributed by atoms with van der Waals surface area (Å²) in [7, 11) is 0. The fourth-order valence-corrected chi connectivity index (χ4v) is 3.05. The lowest BCUT2D eigenvalue weighted by atomic mass is 9.88. The third-order valence-electron chi connectivity index (χ3n) is 5.38. The van der Waals surface area contributed by atoms with Gasteiger partial charge in [0.05, 0.1) is 31.5 Å². The molecule has 0 aromatic carbocycles. The van der Waals surface area contributed by atoms with Crippen LogP contribution in [0.2, 0.25) is 0 Å². The molecule has 0 amide bonds. The first kappa shape index (κ1) is 31.6. The third-order valence-corrected chi connectivity index (χ3v) is 5.38. The van der Waals surface area contributed by atoms with Crippen molar-refractivity contribution in [2.45, 2.75) is 96.1 Å². The van der Waals surface area contributed by atoms with Gasteiger partial charge in [-0.05, 0) is 46.1 Å². The lowest BCUT2D eigenvalue weighted by Crippen LogP contribution is -2.48. The summed E-state index contributed by atoms with van der Waals surface area (Å²) in [6.07, 6.45) is -3.97. The Morgan fingerprint density at radius 2 is 1.58 bits per heavy atom. The number of hydrogen-bond donors (Lipinski definition) is 7. The van der Waals surface area contributed by atoms with E-state index in [1.165, 1.54) is 19.9 Å². The molecule has 0 aliphatic rings. The van der Waals surface area contributed by atoms with Crippen molar-refractivity contribution in [3.05, 3.63) is 23.3 Å². The summed E-state index contributed by atoms with van der Waals surface area (Å²) >= 11 is 0. The highest BCUT2D eigenvalue weighted by Gasteiger charge is 2.34. The van der Waals surface area contributed by atoms with Crippen LogP contribution >= 0.6 is 0 Å². The molecule has 0 aromatic heterocycles. The Balaban J connectivity index is 5.18. The van der Waals surface area contributed by atoms with Gasteiger partial charge in [-0.25, -0.2) is 0 Å². The summed E-state index contributed by atoms with van der Waals surface area (Å²) in [5, 5.41) is 68.7. The van der Waals surface area contributed by atoms with E-state index in [1.54, 1.807) is 6.92 Å². The summed E-state index contributed by atoms with van der Waals surface area (Å²) < 4.78 is 10.6. The molecular weight excluding hydrogens is 436 g/mol. The molecular formula is C23H42O10. The number of ether oxygens (including phenoxy) is 2. The van der Waals surface area contributed by atoms with Gasteiger partial charge in [-0.15, -0.1) is 0 Å². The van der Waals surface area contributed by atoms with Crippen molar-refractivity contribution >= 4 is 5.97 Å². The monoisotopic (exact) mass is 478 g/mol. The van der Waals surface area contributed by atoms with Gasteiger partial charge >= 0.3 is 5.97 Å². The van der Waals surface area contributed by atoms with E-state index in [1.807, 2.05) is 19.9 Å². The second-order valence-corrected chi connectivity index (χ2v) is 8.76. The predicted molar refractivity (Wildman–Crippen MR) is 121 cm³/mol. The van der Waals surface area contributed by atoms with E-state index < -0.39 is 61.4 Å². The number of hydrogen-bond acceptors (Lipinski definition) is 10. The highest BCUT2D eigenvalue weighted by Crippen LogP contribution is 2.25. The molecule has 0 aliphatic carbocycles. The highest BCUT2D eigenvalue weighted by molar-refractivity contribution is 5.66. The molecule has 7 unspecified atom stereocenters. The first-order valence-electron chi connectivity index (χ1n) is 11.0. The number of rotatable bonds is 16. The smallest absolute Gasteiger partial charge is 0.303 e. The molecule has 7 atom stereocenters. The summed E-state index contributed by atoms with van der Waals surface area (Å²) in [6, 6.07) is 0. The Hall–Kier alpha value is -1.37. The van der Waals surface area contributed by atoms with Crippen LogP contribution < -0.4 is 0 Å². The molecule has 0 fully saturated rings. The van der Waals surface area contributed by atoms with Crippen molar-refractivity contribution in [1.82, 2.24) is 0 Å². The van der Waals surface area contributed by atoms with Gasteiger partial charge in [0.25, 0.3) is 0 Å². The second kappa shape index (κ2) is 15.5. The first-order valence-corrected chi connectivity index (χ1v) is 11.0. The number of esters is 1. The SMILES string of the molecule is CC(=O)OC(CC(O)C(C)(O)CCC=C(C)C)C(C)=CCOC(CO)C(O)C(O)C(O)CO. The number of aliphatic hydroxyl groups is 7. The maximum absolute atomic E-state index is 11.6. The minimum atomic E-state index is -1.73. The Morgan fingerprint density at radius 1 is 0.970 bits per heavy atom. The van der Waals surface area contributed by atoms with Crippen LogP contribution in [0.5, 0.6) is 0 Å². The Kier molecular flexibility index (Phi) is 14.9. The van der Waals surface area contributed by atoms with Gasteiger partial charge in [0.1, 0.15) is 30.5 Å². The quantitative estimate of drug-likeness (QED) is 0.114. The maximum Gasteiger partial charge on any atom is 0.303 e. The minimum absolute atomic E-state index is 0.0583. The first-order chi connectivity index (χ1) is 15.3. The molecule has 7 N–H and O–H groups in total.